The lowest BCUT2D eigenvalue weighted by atomic mass is 10.1. The molecule has 0 fully saturated rings. The van der Waals surface area contributed by atoms with Gasteiger partial charge in [0.05, 0.1) is 12.2 Å². The summed E-state index contributed by atoms with van der Waals surface area (Å²) in [5.41, 5.74) is -0.330. The van der Waals surface area contributed by atoms with Gasteiger partial charge in [-0.05, 0) is 26.0 Å². The van der Waals surface area contributed by atoms with E-state index in [0.717, 1.165) is 18.2 Å². The first-order valence-electron chi connectivity index (χ1n) is 7.96. The molecule has 0 aliphatic carbocycles. The third-order valence-corrected chi connectivity index (χ3v) is 3.53. The zero-order chi connectivity index (χ0) is 20.0. The lowest BCUT2D eigenvalue weighted by Crippen LogP contribution is -2.38. The average molecular weight is 376 g/mol. The highest BCUT2D eigenvalue weighted by atomic mass is 19.1. The molecule has 1 aromatic carbocycles. The van der Waals surface area contributed by atoms with E-state index in [1.807, 2.05) is 0 Å². The number of aliphatic imine (C=N–C) groups is 1. The van der Waals surface area contributed by atoms with E-state index in [1.165, 1.54) is 13.1 Å². The number of allylic oxidation sites excluding steroid dienone is 1. The number of aryl methyl sites for hydroxylation is 1. The number of benzene rings is 1. The van der Waals surface area contributed by atoms with Crippen LogP contribution in [-0.2, 0) is 11.3 Å². The Hall–Kier alpha value is -3.36. The SMILES string of the molecule is C/C=C(/NC(=O)c1c(F)cccc1F)C(=NC)C(=O)NCc1cc(C)on1. The average Bonchev–Trinajstić information content (AvgIpc) is 3.04. The van der Waals surface area contributed by atoms with Crippen molar-refractivity contribution in [2.24, 2.45) is 4.99 Å². The fourth-order valence-corrected chi connectivity index (χ4v) is 2.27. The quantitative estimate of drug-likeness (QED) is 0.756. The fraction of sp³-hybridized carbons (Fsp3) is 0.222. The van der Waals surface area contributed by atoms with Crippen LogP contribution in [0.3, 0.4) is 0 Å². The van der Waals surface area contributed by atoms with Crippen molar-refractivity contribution < 1.29 is 22.9 Å². The second-order valence-corrected chi connectivity index (χ2v) is 5.44. The van der Waals surface area contributed by atoms with Gasteiger partial charge in [-0.1, -0.05) is 17.3 Å². The van der Waals surface area contributed by atoms with E-state index in [4.69, 9.17) is 4.52 Å². The van der Waals surface area contributed by atoms with Crippen molar-refractivity contribution in [3.8, 4) is 0 Å². The molecule has 2 amide bonds. The van der Waals surface area contributed by atoms with Crippen molar-refractivity contribution in [3.05, 3.63) is 64.7 Å². The molecule has 0 saturated heterocycles. The normalized spacial score (nSPS) is 12.0. The Morgan fingerprint density at radius 1 is 1.30 bits per heavy atom. The number of carbonyl (C=O) groups excluding carboxylic acids is 2. The highest BCUT2D eigenvalue weighted by Gasteiger charge is 2.22. The molecular weight excluding hydrogens is 358 g/mol. The smallest absolute Gasteiger partial charge is 0.271 e. The molecule has 2 aromatic rings. The van der Waals surface area contributed by atoms with Gasteiger partial charge in [0, 0.05) is 13.1 Å². The van der Waals surface area contributed by atoms with Gasteiger partial charge in [-0.2, -0.15) is 0 Å². The van der Waals surface area contributed by atoms with Crippen molar-refractivity contribution in [1.29, 1.82) is 0 Å². The summed E-state index contributed by atoms with van der Waals surface area (Å²) < 4.78 is 32.4. The Morgan fingerprint density at radius 2 is 1.96 bits per heavy atom. The Kier molecular flexibility index (Phi) is 6.53. The first kappa shape index (κ1) is 20.0. The van der Waals surface area contributed by atoms with E-state index >= 15 is 0 Å². The van der Waals surface area contributed by atoms with Crippen LogP contribution < -0.4 is 10.6 Å². The molecule has 0 unspecified atom stereocenters. The Morgan fingerprint density at radius 3 is 2.48 bits per heavy atom. The fourth-order valence-electron chi connectivity index (χ4n) is 2.27. The minimum Gasteiger partial charge on any atom is -0.361 e. The molecule has 0 radical (unpaired) electrons. The van der Waals surface area contributed by atoms with Gasteiger partial charge in [0.15, 0.2) is 0 Å². The molecule has 2 rings (SSSR count). The number of halogens is 2. The number of hydrogen-bond donors (Lipinski definition) is 2. The molecule has 9 heteroatoms. The van der Waals surface area contributed by atoms with Gasteiger partial charge in [0.2, 0.25) is 0 Å². The lowest BCUT2D eigenvalue weighted by molar-refractivity contribution is -0.114. The van der Waals surface area contributed by atoms with E-state index < -0.39 is 29.0 Å². The standard InChI is InChI=1S/C18H18F2N4O3/c1-4-14(23-17(25)15-12(19)6-5-7-13(15)20)16(21-3)18(26)22-9-11-8-10(2)27-24-11/h4-8H,9H2,1-3H3,(H,22,26)(H,23,25)/b14-4+,21-16?. The molecule has 142 valence electrons. The summed E-state index contributed by atoms with van der Waals surface area (Å²) >= 11 is 0. The van der Waals surface area contributed by atoms with Crippen LogP contribution in [0.1, 0.15) is 28.7 Å². The monoisotopic (exact) mass is 376 g/mol. The number of nitrogens with zero attached hydrogens (tertiary/aromatic N) is 2. The van der Waals surface area contributed by atoms with E-state index in [9.17, 15) is 18.4 Å². The van der Waals surface area contributed by atoms with Gasteiger partial charge < -0.3 is 15.2 Å². The van der Waals surface area contributed by atoms with Crippen LogP contribution in [0.5, 0.6) is 0 Å². The molecule has 0 aliphatic heterocycles. The van der Waals surface area contributed by atoms with Crippen LogP contribution in [0, 0.1) is 18.6 Å². The van der Waals surface area contributed by atoms with Crippen molar-refractivity contribution in [1.82, 2.24) is 15.8 Å². The predicted octanol–water partition coefficient (Wildman–Crippen LogP) is 2.28. The van der Waals surface area contributed by atoms with Crippen LogP contribution in [0.25, 0.3) is 0 Å². The third-order valence-electron chi connectivity index (χ3n) is 3.53. The zero-order valence-electron chi connectivity index (χ0n) is 15.0. The minimum atomic E-state index is -1.03. The van der Waals surface area contributed by atoms with Crippen molar-refractivity contribution in [2.45, 2.75) is 20.4 Å². The first-order valence-corrected chi connectivity index (χ1v) is 7.96. The van der Waals surface area contributed by atoms with E-state index in [-0.39, 0.29) is 18.0 Å². The topological polar surface area (TPSA) is 96.6 Å². The summed E-state index contributed by atoms with van der Waals surface area (Å²) in [6, 6.07) is 4.74. The van der Waals surface area contributed by atoms with Gasteiger partial charge >= 0.3 is 0 Å². The molecular formula is C18H18F2N4O3. The van der Waals surface area contributed by atoms with Gasteiger partial charge in [-0.15, -0.1) is 0 Å². The number of aromatic nitrogens is 1. The Balaban J connectivity index is 2.12. The van der Waals surface area contributed by atoms with E-state index in [1.54, 1.807) is 19.9 Å². The van der Waals surface area contributed by atoms with E-state index in [0.29, 0.717) is 11.5 Å². The summed E-state index contributed by atoms with van der Waals surface area (Å²) in [5.74, 6) is -3.05. The predicted molar refractivity (Wildman–Crippen MR) is 94.0 cm³/mol. The first-order chi connectivity index (χ1) is 12.9. The summed E-state index contributed by atoms with van der Waals surface area (Å²) in [6.45, 7) is 3.35. The molecule has 0 saturated carbocycles. The molecule has 0 spiro atoms. The van der Waals surface area contributed by atoms with Gasteiger partial charge in [-0.3, -0.25) is 14.6 Å². The number of amides is 2. The third kappa shape index (κ3) is 4.84. The van der Waals surface area contributed by atoms with Crippen molar-refractivity contribution >= 4 is 17.5 Å². The van der Waals surface area contributed by atoms with Crippen LogP contribution in [0.15, 0.2) is 45.6 Å². The van der Waals surface area contributed by atoms with Crippen LogP contribution >= 0.6 is 0 Å². The molecule has 0 atom stereocenters. The summed E-state index contributed by atoms with van der Waals surface area (Å²) in [7, 11) is 1.36. The zero-order valence-corrected chi connectivity index (χ0v) is 15.0. The maximum Gasteiger partial charge on any atom is 0.271 e. The molecule has 1 heterocycles. The van der Waals surface area contributed by atoms with Crippen LogP contribution in [-0.4, -0.2) is 29.7 Å². The highest BCUT2D eigenvalue weighted by molar-refractivity contribution is 6.45. The summed E-state index contributed by atoms with van der Waals surface area (Å²) in [5, 5.41) is 8.64. The molecule has 27 heavy (non-hydrogen) atoms. The number of nitrogens with one attached hydrogen (secondary N) is 2. The second-order valence-electron chi connectivity index (χ2n) is 5.44. The molecule has 1 aromatic heterocycles. The number of rotatable bonds is 6. The Labute approximate surface area is 154 Å². The number of carbonyl (C=O) groups is 2. The maximum absolute atomic E-state index is 13.8. The van der Waals surface area contributed by atoms with E-state index in [2.05, 4.69) is 20.8 Å². The van der Waals surface area contributed by atoms with Gasteiger partial charge in [-0.25, -0.2) is 8.78 Å². The minimum absolute atomic E-state index is 0.0130. The largest absolute Gasteiger partial charge is 0.361 e. The van der Waals surface area contributed by atoms with Crippen LogP contribution in [0.2, 0.25) is 0 Å². The van der Waals surface area contributed by atoms with Crippen molar-refractivity contribution in [3.63, 3.8) is 0 Å². The summed E-state index contributed by atoms with van der Waals surface area (Å²) in [6.07, 6.45) is 1.40. The Bertz CT molecular complexity index is 899. The van der Waals surface area contributed by atoms with Crippen LogP contribution in [0.4, 0.5) is 8.78 Å². The second kappa shape index (κ2) is 8.84. The maximum atomic E-state index is 13.8. The number of hydrogen-bond acceptors (Lipinski definition) is 5. The molecule has 0 bridgehead atoms. The lowest BCUT2D eigenvalue weighted by Gasteiger charge is -2.12. The van der Waals surface area contributed by atoms with Gasteiger partial charge in [0.1, 0.15) is 34.4 Å². The van der Waals surface area contributed by atoms with Gasteiger partial charge in [0.25, 0.3) is 11.8 Å². The highest BCUT2D eigenvalue weighted by Crippen LogP contribution is 2.12. The molecule has 2 N–H and O–H groups in total. The molecule has 0 aliphatic rings. The summed E-state index contributed by atoms with van der Waals surface area (Å²) in [4.78, 5) is 28.5. The molecule has 7 nitrogen and oxygen atoms in total. The van der Waals surface area contributed by atoms with Crippen molar-refractivity contribution in [2.75, 3.05) is 7.05 Å².